The third-order valence-electron chi connectivity index (χ3n) is 4.97. The van der Waals surface area contributed by atoms with E-state index in [0.29, 0.717) is 6.61 Å². The first-order valence-electron chi connectivity index (χ1n) is 9.22. The summed E-state index contributed by atoms with van der Waals surface area (Å²) in [7, 11) is 0. The van der Waals surface area contributed by atoms with Crippen molar-refractivity contribution in [3.63, 3.8) is 0 Å². The normalized spacial score (nSPS) is 20.5. The Morgan fingerprint density at radius 1 is 1.07 bits per heavy atom. The molecule has 0 spiro atoms. The Bertz CT molecular complexity index is 966. The Labute approximate surface area is 157 Å². The lowest BCUT2D eigenvalue weighted by Gasteiger charge is -2.37. The lowest BCUT2D eigenvalue weighted by molar-refractivity contribution is -0.0344. The van der Waals surface area contributed by atoms with E-state index in [1.54, 1.807) is 6.26 Å². The highest BCUT2D eigenvalue weighted by Crippen LogP contribution is 2.50. The molecule has 3 heterocycles. The van der Waals surface area contributed by atoms with Crippen molar-refractivity contribution < 1.29 is 13.9 Å². The maximum Gasteiger partial charge on any atom is 0.246 e. The molecule has 0 saturated heterocycles. The van der Waals surface area contributed by atoms with Gasteiger partial charge in [0.05, 0.1) is 24.6 Å². The lowest BCUT2D eigenvalue weighted by atomic mass is 9.96. The monoisotopic (exact) mass is 360 g/mol. The number of nitrogens with zero attached hydrogens (tertiary/aromatic N) is 2. The van der Waals surface area contributed by atoms with E-state index in [9.17, 15) is 0 Å². The summed E-state index contributed by atoms with van der Waals surface area (Å²) < 4.78 is 17.8. The second kappa shape index (κ2) is 6.50. The fourth-order valence-corrected chi connectivity index (χ4v) is 3.78. The van der Waals surface area contributed by atoms with Crippen LogP contribution in [0.25, 0.3) is 0 Å². The molecule has 3 aromatic rings. The molecule has 0 saturated carbocycles. The third-order valence-corrected chi connectivity index (χ3v) is 4.97. The number of hydrazone groups is 1. The summed E-state index contributed by atoms with van der Waals surface area (Å²) >= 11 is 0. The first kappa shape index (κ1) is 16.0. The van der Waals surface area contributed by atoms with Crippen molar-refractivity contribution in [1.82, 2.24) is 5.01 Å². The van der Waals surface area contributed by atoms with Crippen LogP contribution in [0.4, 0.5) is 0 Å². The van der Waals surface area contributed by atoms with E-state index in [1.807, 2.05) is 54.4 Å². The van der Waals surface area contributed by atoms with Gasteiger partial charge in [-0.05, 0) is 30.7 Å². The molecule has 0 N–H and O–H groups in total. The smallest absolute Gasteiger partial charge is 0.246 e. The predicted octanol–water partition coefficient (Wildman–Crippen LogP) is 4.92. The van der Waals surface area contributed by atoms with Crippen molar-refractivity contribution in [2.75, 3.05) is 6.61 Å². The summed E-state index contributed by atoms with van der Waals surface area (Å²) in [6.45, 7) is 2.57. The highest BCUT2D eigenvalue weighted by Gasteiger charge is 2.43. The van der Waals surface area contributed by atoms with E-state index in [4.69, 9.17) is 19.0 Å². The van der Waals surface area contributed by atoms with Crippen LogP contribution >= 0.6 is 0 Å². The molecule has 5 nitrogen and oxygen atoms in total. The average molecular weight is 360 g/mol. The molecule has 0 aliphatic carbocycles. The fraction of sp³-hybridized carbons (Fsp3) is 0.227. The van der Waals surface area contributed by atoms with Crippen LogP contribution in [0.3, 0.4) is 0 Å². The van der Waals surface area contributed by atoms with Crippen LogP contribution in [-0.4, -0.2) is 17.3 Å². The van der Waals surface area contributed by atoms with Crippen molar-refractivity contribution in [2.45, 2.75) is 25.6 Å². The minimum Gasteiger partial charge on any atom is -0.490 e. The molecule has 136 valence electrons. The summed E-state index contributed by atoms with van der Waals surface area (Å²) in [6.07, 6.45) is 2.06. The first-order chi connectivity index (χ1) is 13.3. The topological polar surface area (TPSA) is 47.2 Å². The Morgan fingerprint density at radius 3 is 2.74 bits per heavy atom. The quantitative estimate of drug-likeness (QED) is 0.662. The molecule has 5 rings (SSSR count). The maximum absolute atomic E-state index is 6.36. The highest BCUT2D eigenvalue weighted by molar-refractivity contribution is 6.01. The van der Waals surface area contributed by atoms with Crippen molar-refractivity contribution in [3.8, 4) is 11.5 Å². The summed E-state index contributed by atoms with van der Waals surface area (Å²) in [5.41, 5.74) is 3.28. The van der Waals surface area contributed by atoms with Gasteiger partial charge in [-0.1, -0.05) is 42.5 Å². The summed E-state index contributed by atoms with van der Waals surface area (Å²) in [5.74, 6) is 2.28. The number of para-hydroxylation sites is 1. The summed E-state index contributed by atoms with van der Waals surface area (Å²) in [4.78, 5) is 0. The molecule has 0 amide bonds. The van der Waals surface area contributed by atoms with E-state index >= 15 is 0 Å². The summed E-state index contributed by atoms with van der Waals surface area (Å²) in [6, 6.07) is 20.2. The van der Waals surface area contributed by atoms with E-state index in [-0.39, 0.29) is 6.04 Å². The van der Waals surface area contributed by atoms with Crippen molar-refractivity contribution in [2.24, 2.45) is 5.10 Å². The molecule has 2 unspecified atom stereocenters. The zero-order valence-corrected chi connectivity index (χ0v) is 15.0. The van der Waals surface area contributed by atoms with Gasteiger partial charge in [0.15, 0.2) is 17.3 Å². The second-order valence-corrected chi connectivity index (χ2v) is 6.61. The molecule has 2 aromatic carbocycles. The molecule has 2 aliphatic heterocycles. The number of furan rings is 1. The molecule has 1 aromatic heterocycles. The molecule has 0 bridgehead atoms. The maximum atomic E-state index is 6.36. The van der Waals surface area contributed by atoms with Crippen molar-refractivity contribution >= 4 is 5.71 Å². The van der Waals surface area contributed by atoms with Crippen LogP contribution in [0, 0.1) is 0 Å². The second-order valence-electron chi connectivity index (χ2n) is 6.61. The molecular formula is C22H20N2O3. The van der Waals surface area contributed by atoms with Gasteiger partial charge < -0.3 is 13.9 Å². The van der Waals surface area contributed by atoms with E-state index in [1.165, 1.54) is 0 Å². The van der Waals surface area contributed by atoms with Gasteiger partial charge in [0.1, 0.15) is 0 Å². The van der Waals surface area contributed by atoms with Crippen LogP contribution < -0.4 is 9.47 Å². The van der Waals surface area contributed by atoms with Gasteiger partial charge in [-0.3, -0.25) is 0 Å². The van der Waals surface area contributed by atoms with Crippen LogP contribution in [0.2, 0.25) is 0 Å². The van der Waals surface area contributed by atoms with Crippen molar-refractivity contribution in [3.05, 3.63) is 83.8 Å². The molecule has 5 heteroatoms. The van der Waals surface area contributed by atoms with Gasteiger partial charge in [-0.15, -0.1) is 0 Å². The minimum absolute atomic E-state index is 0.0828. The van der Waals surface area contributed by atoms with Gasteiger partial charge in [0.2, 0.25) is 6.23 Å². The van der Waals surface area contributed by atoms with E-state index in [2.05, 4.69) is 18.2 Å². The Morgan fingerprint density at radius 2 is 1.96 bits per heavy atom. The van der Waals surface area contributed by atoms with Gasteiger partial charge in [0.25, 0.3) is 0 Å². The molecule has 27 heavy (non-hydrogen) atoms. The van der Waals surface area contributed by atoms with Gasteiger partial charge in [-0.2, -0.15) is 5.10 Å². The van der Waals surface area contributed by atoms with Crippen LogP contribution in [0.5, 0.6) is 11.5 Å². The van der Waals surface area contributed by atoms with Gasteiger partial charge in [0, 0.05) is 12.0 Å². The highest BCUT2D eigenvalue weighted by atomic mass is 16.5. The Balaban J connectivity index is 1.61. The van der Waals surface area contributed by atoms with Crippen LogP contribution in [0.1, 0.15) is 42.5 Å². The molecular weight excluding hydrogens is 340 g/mol. The number of fused-ring (bicyclic) bond motifs is 3. The zero-order valence-electron chi connectivity index (χ0n) is 15.0. The van der Waals surface area contributed by atoms with Gasteiger partial charge in [-0.25, -0.2) is 5.01 Å². The number of hydrogen-bond acceptors (Lipinski definition) is 5. The van der Waals surface area contributed by atoms with E-state index < -0.39 is 6.23 Å². The predicted molar refractivity (Wildman–Crippen MR) is 102 cm³/mol. The zero-order chi connectivity index (χ0) is 18.2. The average Bonchev–Trinajstić information content (AvgIpc) is 3.39. The summed E-state index contributed by atoms with van der Waals surface area (Å²) in [5, 5.41) is 6.93. The first-order valence-corrected chi connectivity index (χ1v) is 9.22. The van der Waals surface area contributed by atoms with Crippen LogP contribution in [0.15, 0.2) is 76.4 Å². The Hall–Kier alpha value is -3.21. The van der Waals surface area contributed by atoms with Crippen LogP contribution in [-0.2, 0) is 0 Å². The molecule has 0 fully saturated rings. The number of hydrogen-bond donors (Lipinski definition) is 0. The minimum atomic E-state index is -0.416. The van der Waals surface area contributed by atoms with E-state index in [0.717, 1.165) is 40.5 Å². The molecule has 2 aliphatic rings. The van der Waals surface area contributed by atoms with Gasteiger partial charge >= 0.3 is 0 Å². The third kappa shape index (κ3) is 2.67. The number of rotatable bonds is 4. The standard InChI is InChI=1S/C22H20N2O3/c1-2-25-19-11-6-10-16-18-14-17(15-8-4-3-5-9-15)23-24(18)22(27-21(16)19)20-12-7-13-26-20/h3-13,18,22H,2,14H2,1H3. The lowest BCUT2D eigenvalue weighted by Crippen LogP contribution is -2.33. The number of ether oxygens (including phenoxy) is 2. The largest absolute Gasteiger partial charge is 0.490 e. The molecule has 2 atom stereocenters. The Kier molecular flexibility index (Phi) is 3.85. The number of benzene rings is 2. The SMILES string of the molecule is CCOc1cccc2c1OC(c1ccco1)N1N=C(c3ccccc3)CC21. The van der Waals surface area contributed by atoms with Crippen molar-refractivity contribution in [1.29, 1.82) is 0 Å². The molecule has 0 radical (unpaired) electrons. The fourth-order valence-electron chi connectivity index (χ4n) is 3.78.